The Kier molecular flexibility index (Phi) is 6.23. The summed E-state index contributed by atoms with van der Waals surface area (Å²) in [7, 11) is 0. The lowest BCUT2D eigenvalue weighted by Crippen LogP contribution is -2.31. The number of thioether (sulfide) groups is 1. The zero-order valence-electron chi connectivity index (χ0n) is 13.2. The van der Waals surface area contributed by atoms with Crippen LogP contribution < -0.4 is 0 Å². The van der Waals surface area contributed by atoms with Gasteiger partial charge in [0.1, 0.15) is 11.6 Å². The lowest BCUT2D eigenvalue weighted by molar-refractivity contribution is -0.129. The molecular weight excluding hydrogens is 380 g/mol. The Labute approximate surface area is 157 Å². The fourth-order valence-electron chi connectivity index (χ4n) is 2.24. The average Bonchev–Trinajstić information content (AvgIpc) is 3.27. The molecule has 0 atom stereocenters. The summed E-state index contributed by atoms with van der Waals surface area (Å²) < 4.78 is 26.7. The van der Waals surface area contributed by atoms with Crippen LogP contribution in [0, 0.1) is 11.6 Å². The Balaban J connectivity index is 1.67. The van der Waals surface area contributed by atoms with Gasteiger partial charge < -0.3 is 4.90 Å². The SMILES string of the molecule is O=C(CSc1ccc(F)cc1F)N(Cc1cccs1)Cc1cccs1. The topological polar surface area (TPSA) is 20.3 Å². The summed E-state index contributed by atoms with van der Waals surface area (Å²) in [5.41, 5.74) is 0. The van der Waals surface area contributed by atoms with E-state index in [0.717, 1.165) is 27.6 Å². The zero-order valence-corrected chi connectivity index (χ0v) is 15.6. The van der Waals surface area contributed by atoms with Crippen LogP contribution >= 0.6 is 34.4 Å². The van der Waals surface area contributed by atoms with E-state index in [-0.39, 0.29) is 16.6 Å². The van der Waals surface area contributed by atoms with Crippen molar-refractivity contribution in [2.24, 2.45) is 0 Å². The fraction of sp³-hybridized carbons (Fsp3) is 0.167. The van der Waals surface area contributed by atoms with E-state index in [4.69, 9.17) is 0 Å². The fourth-order valence-corrected chi connectivity index (χ4v) is 4.50. The van der Waals surface area contributed by atoms with Crippen LogP contribution in [-0.2, 0) is 17.9 Å². The summed E-state index contributed by atoms with van der Waals surface area (Å²) in [4.78, 5) is 16.9. The van der Waals surface area contributed by atoms with Gasteiger partial charge in [0.25, 0.3) is 0 Å². The van der Waals surface area contributed by atoms with Gasteiger partial charge in [-0.2, -0.15) is 0 Å². The number of thiophene rings is 2. The van der Waals surface area contributed by atoms with Gasteiger partial charge in [0.15, 0.2) is 0 Å². The molecule has 0 bridgehead atoms. The van der Waals surface area contributed by atoms with Crippen molar-refractivity contribution >= 4 is 40.3 Å². The van der Waals surface area contributed by atoms with Crippen molar-refractivity contribution in [3.63, 3.8) is 0 Å². The highest BCUT2D eigenvalue weighted by Crippen LogP contribution is 2.24. The van der Waals surface area contributed by atoms with E-state index >= 15 is 0 Å². The molecule has 2 aromatic heterocycles. The van der Waals surface area contributed by atoms with Crippen molar-refractivity contribution in [1.82, 2.24) is 4.90 Å². The molecule has 0 unspecified atom stereocenters. The molecule has 0 N–H and O–H groups in total. The van der Waals surface area contributed by atoms with Crippen LogP contribution in [0.5, 0.6) is 0 Å². The third-order valence-electron chi connectivity index (χ3n) is 3.45. The van der Waals surface area contributed by atoms with Crippen LogP contribution in [0.4, 0.5) is 8.78 Å². The van der Waals surface area contributed by atoms with Crippen molar-refractivity contribution in [3.05, 3.63) is 74.6 Å². The van der Waals surface area contributed by atoms with Crippen LogP contribution in [0.25, 0.3) is 0 Å². The monoisotopic (exact) mass is 395 g/mol. The molecule has 0 aliphatic rings. The van der Waals surface area contributed by atoms with Gasteiger partial charge in [-0.25, -0.2) is 8.78 Å². The third kappa shape index (κ3) is 5.14. The maximum absolute atomic E-state index is 13.7. The van der Waals surface area contributed by atoms with Gasteiger partial charge in [0, 0.05) is 20.7 Å². The summed E-state index contributed by atoms with van der Waals surface area (Å²) in [5.74, 6) is -1.22. The van der Waals surface area contributed by atoms with Crippen LogP contribution in [0.1, 0.15) is 9.75 Å². The molecule has 3 rings (SSSR count). The number of halogens is 2. The number of carbonyl (C=O) groups is 1. The minimum absolute atomic E-state index is 0.0736. The van der Waals surface area contributed by atoms with E-state index in [9.17, 15) is 13.6 Å². The van der Waals surface area contributed by atoms with Gasteiger partial charge in [0.2, 0.25) is 5.91 Å². The summed E-state index contributed by atoms with van der Waals surface area (Å²) in [6.07, 6.45) is 0. The first-order valence-corrected chi connectivity index (χ1v) is 10.3. The van der Waals surface area contributed by atoms with E-state index in [1.807, 2.05) is 35.0 Å². The van der Waals surface area contributed by atoms with Gasteiger partial charge in [-0.1, -0.05) is 12.1 Å². The highest BCUT2D eigenvalue weighted by atomic mass is 32.2. The number of amides is 1. The van der Waals surface area contributed by atoms with E-state index in [0.29, 0.717) is 13.1 Å². The number of rotatable bonds is 7. The van der Waals surface area contributed by atoms with Crippen LogP contribution in [0.2, 0.25) is 0 Å². The van der Waals surface area contributed by atoms with Crippen molar-refractivity contribution in [1.29, 1.82) is 0 Å². The lowest BCUT2D eigenvalue weighted by atomic mass is 10.3. The second-order valence-corrected chi connectivity index (χ2v) is 8.35. The Morgan fingerprint density at radius 3 is 2.16 bits per heavy atom. The molecule has 1 aromatic carbocycles. The maximum Gasteiger partial charge on any atom is 0.233 e. The molecule has 0 aliphatic carbocycles. The second kappa shape index (κ2) is 8.60. The van der Waals surface area contributed by atoms with Crippen molar-refractivity contribution in [2.45, 2.75) is 18.0 Å². The Morgan fingerprint density at radius 2 is 1.64 bits per heavy atom. The normalized spacial score (nSPS) is 10.8. The standard InChI is InChI=1S/C18H15F2NOS3/c19-13-5-6-17(16(20)9-13)25-12-18(22)21(10-14-3-1-7-23-14)11-15-4-2-8-24-15/h1-9H,10-12H2. The van der Waals surface area contributed by atoms with Gasteiger partial charge in [-0.15, -0.1) is 34.4 Å². The van der Waals surface area contributed by atoms with Gasteiger partial charge in [0.05, 0.1) is 18.8 Å². The first-order valence-electron chi connectivity index (χ1n) is 7.52. The highest BCUT2D eigenvalue weighted by molar-refractivity contribution is 8.00. The van der Waals surface area contributed by atoms with Crippen LogP contribution in [0.3, 0.4) is 0 Å². The second-order valence-electron chi connectivity index (χ2n) is 5.27. The summed E-state index contributed by atoms with van der Waals surface area (Å²) >= 11 is 4.29. The quantitative estimate of drug-likeness (QED) is 0.499. The Hall–Kier alpha value is -1.70. The molecule has 0 fully saturated rings. The van der Waals surface area contributed by atoms with Gasteiger partial charge >= 0.3 is 0 Å². The predicted octanol–water partition coefficient (Wildman–Crippen LogP) is 5.41. The molecule has 2 nitrogen and oxygen atoms in total. The van der Waals surface area contributed by atoms with Crippen molar-refractivity contribution in [3.8, 4) is 0 Å². The highest BCUT2D eigenvalue weighted by Gasteiger charge is 2.17. The van der Waals surface area contributed by atoms with E-state index in [1.54, 1.807) is 27.6 Å². The number of nitrogens with zero attached hydrogens (tertiary/aromatic N) is 1. The first kappa shape index (κ1) is 18.1. The largest absolute Gasteiger partial charge is 0.332 e. The predicted molar refractivity (Wildman–Crippen MR) is 100.0 cm³/mol. The van der Waals surface area contributed by atoms with Crippen LogP contribution in [-0.4, -0.2) is 16.6 Å². The smallest absolute Gasteiger partial charge is 0.233 e. The Morgan fingerprint density at radius 1 is 1.00 bits per heavy atom. The number of hydrogen-bond acceptors (Lipinski definition) is 4. The average molecular weight is 396 g/mol. The summed E-state index contributed by atoms with van der Waals surface area (Å²) in [6, 6.07) is 11.3. The van der Waals surface area contributed by atoms with Gasteiger partial charge in [-0.05, 0) is 35.0 Å². The van der Waals surface area contributed by atoms with Gasteiger partial charge in [-0.3, -0.25) is 4.79 Å². The molecule has 3 aromatic rings. The maximum atomic E-state index is 13.7. The summed E-state index contributed by atoms with van der Waals surface area (Å²) in [6.45, 7) is 1.06. The first-order chi connectivity index (χ1) is 12.1. The van der Waals surface area contributed by atoms with E-state index in [2.05, 4.69) is 0 Å². The molecule has 7 heteroatoms. The van der Waals surface area contributed by atoms with Crippen molar-refractivity contribution in [2.75, 3.05) is 5.75 Å². The Bertz CT molecular complexity index is 783. The lowest BCUT2D eigenvalue weighted by Gasteiger charge is -2.21. The molecule has 25 heavy (non-hydrogen) atoms. The molecule has 0 radical (unpaired) electrons. The minimum atomic E-state index is -0.638. The minimum Gasteiger partial charge on any atom is -0.332 e. The number of carbonyl (C=O) groups excluding carboxylic acids is 1. The van der Waals surface area contributed by atoms with E-state index < -0.39 is 11.6 Å². The number of benzene rings is 1. The molecule has 130 valence electrons. The van der Waals surface area contributed by atoms with Crippen LogP contribution in [0.15, 0.2) is 58.1 Å². The molecule has 0 saturated carbocycles. The molecule has 0 aliphatic heterocycles. The summed E-state index contributed by atoms with van der Waals surface area (Å²) in [5, 5.41) is 3.96. The molecule has 0 spiro atoms. The zero-order chi connectivity index (χ0) is 17.6. The molecule has 1 amide bonds. The third-order valence-corrected chi connectivity index (χ3v) is 6.21. The molecule has 0 saturated heterocycles. The molecule has 2 heterocycles. The van der Waals surface area contributed by atoms with E-state index in [1.165, 1.54) is 12.1 Å². The number of hydrogen-bond donors (Lipinski definition) is 0. The van der Waals surface area contributed by atoms with Crippen molar-refractivity contribution < 1.29 is 13.6 Å². The molecular formula is C18H15F2NOS3.